The predicted molar refractivity (Wildman–Crippen MR) is 62.2 cm³/mol. The smallest absolute Gasteiger partial charge is 0.329 e. The average molecular weight is 229 g/mol. The molecule has 0 aromatic rings. The zero-order valence-electron chi connectivity index (χ0n) is 10.7. The number of carbonyl (C=O) groups is 1. The number of nitrogens with one attached hydrogen (secondary N) is 1. The van der Waals surface area contributed by atoms with Gasteiger partial charge in [0.15, 0.2) is 0 Å². The second-order valence-corrected chi connectivity index (χ2v) is 4.58. The molecule has 0 aliphatic heterocycles. The van der Waals surface area contributed by atoms with E-state index in [-0.39, 0.29) is 12.1 Å². The van der Waals surface area contributed by atoms with Gasteiger partial charge in [0.2, 0.25) is 0 Å². The fourth-order valence-corrected chi connectivity index (χ4v) is 1.86. The van der Waals surface area contributed by atoms with E-state index < -0.39 is 5.54 Å². The summed E-state index contributed by atoms with van der Waals surface area (Å²) in [6, 6.07) is 0. The average Bonchev–Trinajstić information content (AvgIpc) is 3.04. The number of rotatable bonds is 7. The van der Waals surface area contributed by atoms with Gasteiger partial charge in [0, 0.05) is 0 Å². The third-order valence-electron chi connectivity index (χ3n) is 3.00. The summed E-state index contributed by atoms with van der Waals surface area (Å²) in [6.07, 6.45) is 2.27. The Balaban J connectivity index is 2.69. The van der Waals surface area contributed by atoms with Crippen molar-refractivity contribution in [3.63, 3.8) is 0 Å². The number of esters is 1. The molecule has 4 nitrogen and oxygen atoms in total. The van der Waals surface area contributed by atoms with Crippen LogP contribution in [-0.2, 0) is 14.3 Å². The first-order valence-electron chi connectivity index (χ1n) is 6.04. The van der Waals surface area contributed by atoms with E-state index in [4.69, 9.17) is 9.47 Å². The fraction of sp³-hybridized carbons (Fsp3) is 0.917. The van der Waals surface area contributed by atoms with Gasteiger partial charge >= 0.3 is 5.97 Å². The van der Waals surface area contributed by atoms with Gasteiger partial charge in [-0.05, 0) is 46.6 Å². The lowest BCUT2D eigenvalue weighted by atomic mass is 9.94. The van der Waals surface area contributed by atoms with Crippen LogP contribution in [0.3, 0.4) is 0 Å². The number of carbonyl (C=O) groups excluding carboxylic acids is 1. The molecule has 4 heteroatoms. The largest absolute Gasteiger partial charge is 0.465 e. The Bertz CT molecular complexity index is 238. The quantitative estimate of drug-likeness (QED) is 0.669. The van der Waals surface area contributed by atoms with E-state index >= 15 is 0 Å². The molecule has 1 aliphatic carbocycles. The summed E-state index contributed by atoms with van der Waals surface area (Å²) in [5.41, 5.74) is -0.639. The van der Waals surface area contributed by atoms with Crippen LogP contribution in [0.5, 0.6) is 0 Å². The molecule has 94 valence electrons. The van der Waals surface area contributed by atoms with E-state index in [1.165, 1.54) is 0 Å². The van der Waals surface area contributed by atoms with Crippen molar-refractivity contribution in [3.05, 3.63) is 0 Å². The van der Waals surface area contributed by atoms with Crippen LogP contribution in [0.4, 0.5) is 0 Å². The first-order valence-corrected chi connectivity index (χ1v) is 6.04. The molecule has 0 saturated heterocycles. The highest BCUT2D eigenvalue weighted by Crippen LogP contribution is 2.40. The molecule has 1 N–H and O–H groups in total. The molecule has 0 aromatic heterocycles. The van der Waals surface area contributed by atoms with Crippen LogP contribution in [0.25, 0.3) is 0 Å². The molecular formula is C12H23NO3. The molecular weight excluding hydrogens is 206 g/mol. The Morgan fingerprint density at radius 1 is 1.50 bits per heavy atom. The number of hydrogen-bond donors (Lipinski definition) is 1. The molecule has 1 rings (SSSR count). The van der Waals surface area contributed by atoms with Gasteiger partial charge in [-0.1, -0.05) is 0 Å². The molecule has 0 amide bonds. The highest BCUT2D eigenvalue weighted by Gasteiger charge is 2.51. The van der Waals surface area contributed by atoms with Crippen LogP contribution in [0.2, 0.25) is 0 Å². The molecule has 1 unspecified atom stereocenters. The Kier molecular flexibility index (Phi) is 4.74. The highest BCUT2D eigenvalue weighted by molar-refractivity contribution is 5.82. The molecule has 1 saturated carbocycles. The van der Waals surface area contributed by atoms with E-state index in [9.17, 15) is 4.79 Å². The Morgan fingerprint density at radius 2 is 2.12 bits per heavy atom. The lowest BCUT2D eigenvalue weighted by Gasteiger charge is -2.31. The molecule has 0 aromatic carbocycles. The van der Waals surface area contributed by atoms with Gasteiger partial charge in [-0.2, -0.15) is 0 Å². The van der Waals surface area contributed by atoms with Gasteiger partial charge < -0.3 is 14.8 Å². The van der Waals surface area contributed by atoms with Crippen molar-refractivity contribution < 1.29 is 14.3 Å². The van der Waals surface area contributed by atoms with Crippen molar-refractivity contribution in [1.82, 2.24) is 5.32 Å². The van der Waals surface area contributed by atoms with Gasteiger partial charge in [0.05, 0.1) is 19.3 Å². The first kappa shape index (κ1) is 13.5. The van der Waals surface area contributed by atoms with Gasteiger partial charge in [-0.15, -0.1) is 0 Å². The van der Waals surface area contributed by atoms with Crippen LogP contribution in [0.1, 0.15) is 33.6 Å². The SMILES string of the molecule is CCOC(=O)C(COC(C)C)(NC)C1CC1. The maximum absolute atomic E-state index is 12.0. The summed E-state index contributed by atoms with van der Waals surface area (Å²) in [4.78, 5) is 12.0. The standard InChI is InChI=1S/C12H23NO3/c1-5-15-11(14)12(13-4,10-6-7-10)8-16-9(2)3/h9-10,13H,5-8H2,1-4H3. The fourth-order valence-electron chi connectivity index (χ4n) is 1.86. The highest BCUT2D eigenvalue weighted by atomic mass is 16.5. The van der Waals surface area contributed by atoms with Gasteiger partial charge in [-0.3, -0.25) is 0 Å². The summed E-state index contributed by atoms with van der Waals surface area (Å²) in [7, 11) is 1.80. The second kappa shape index (κ2) is 5.64. The Morgan fingerprint density at radius 3 is 2.50 bits per heavy atom. The van der Waals surface area contributed by atoms with Crippen molar-refractivity contribution in [2.24, 2.45) is 5.92 Å². The molecule has 1 aliphatic rings. The van der Waals surface area contributed by atoms with E-state index in [1.54, 1.807) is 7.05 Å². The zero-order valence-corrected chi connectivity index (χ0v) is 10.7. The van der Waals surface area contributed by atoms with Crippen molar-refractivity contribution in [1.29, 1.82) is 0 Å². The maximum atomic E-state index is 12.0. The second-order valence-electron chi connectivity index (χ2n) is 4.58. The minimum Gasteiger partial charge on any atom is -0.465 e. The number of ether oxygens (including phenoxy) is 2. The van der Waals surface area contributed by atoms with Crippen LogP contribution in [-0.4, -0.2) is 37.9 Å². The minimum atomic E-state index is -0.639. The van der Waals surface area contributed by atoms with Crippen LogP contribution in [0.15, 0.2) is 0 Å². The van der Waals surface area contributed by atoms with Crippen molar-refractivity contribution >= 4 is 5.97 Å². The first-order chi connectivity index (χ1) is 7.56. The maximum Gasteiger partial charge on any atom is 0.329 e. The van der Waals surface area contributed by atoms with E-state index in [1.807, 2.05) is 20.8 Å². The van der Waals surface area contributed by atoms with Crippen LogP contribution < -0.4 is 5.32 Å². The Hall–Kier alpha value is -0.610. The van der Waals surface area contributed by atoms with Crippen molar-refractivity contribution in [2.75, 3.05) is 20.3 Å². The monoisotopic (exact) mass is 229 g/mol. The third kappa shape index (κ3) is 2.95. The van der Waals surface area contributed by atoms with Gasteiger partial charge in [-0.25, -0.2) is 4.79 Å². The molecule has 0 radical (unpaired) electrons. The normalized spacial score (nSPS) is 19.6. The zero-order chi connectivity index (χ0) is 12.2. The number of hydrogen-bond acceptors (Lipinski definition) is 4. The summed E-state index contributed by atoms with van der Waals surface area (Å²) in [5.74, 6) is 0.177. The molecule has 16 heavy (non-hydrogen) atoms. The van der Waals surface area contributed by atoms with Crippen LogP contribution >= 0.6 is 0 Å². The molecule has 1 atom stereocenters. The summed E-state index contributed by atoms with van der Waals surface area (Å²) < 4.78 is 10.8. The van der Waals surface area contributed by atoms with E-state index in [0.29, 0.717) is 19.1 Å². The van der Waals surface area contributed by atoms with Gasteiger partial charge in [0.1, 0.15) is 5.54 Å². The van der Waals surface area contributed by atoms with Crippen molar-refractivity contribution in [3.8, 4) is 0 Å². The number of likely N-dealkylation sites (N-methyl/N-ethyl adjacent to an activating group) is 1. The molecule has 0 heterocycles. The lowest BCUT2D eigenvalue weighted by molar-refractivity contribution is -0.156. The van der Waals surface area contributed by atoms with E-state index in [0.717, 1.165) is 12.8 Å². The lowest BCUT2D eigenvalue weighted by Crippen LogP contribution is -2.57. The Labute approximate surface area is 97.7 Å². The predicted octanol–water partition coefficient (Wildman–Crippen LogP) is 1.34. The molecule has 1 fully saturated rings. The van der Waals surface area contributed by atoms with Crippen LogP contribution in [0, 0.1) is 5.92 Å². The molecule has 0 spiro atoms. The summed E-state index contributed by atoms with van der Waals surface area (Å²) in [5, 5.41) is 3.12. The topological polar surface area (TPSA) is 47.6 Å². The van der Waals surface area contributed by atoms with E-state index in [2.05, 4.69) is 5.32 Å². The third-order valence-corrected chi connectivity index (χ3v) is 3.00. The summed E-state index contributed by atoms with van der Waals surface area (Å²) in [6.45, 7) is 6.58. The molecule has 0 bridgehead atoms. The summed E-state index contributed by atoms with van der Waals surface area (Å²) >= 11 is 0. The minimum absolute atomic E-state index is 0.126. The van der Waals surface area contributed by atoms with Gasteiger partial charge in [0.25, 0.3) is 0 Å². The van der Waals surface area contributed by atoms with Crippen molar-refractivity contribution in [2.45, 2.75) is 45.3 Å².